The Balaban J connectivity index is 0.00000133. The Labute approximate surface area is 200 Å². The van der Waals surface area contributed by atoms with Crippen LogP contribution in [0.3, 0.4) is 0 Å². The number of pyridine rings is 1. The minimum absolute atomic E-state index is 0.0791. The average molecular weight is 463 g/mol. The van der Waals surface area contributed by atoms with Crippen LogP contribution >= 0.6 is 0 Å². The minimum Gasteiger partial charge on any atom is -0.379 e. The molecule has 0 spiro atoms. The second kappa shape index (κ2) is 10.8. The van der Waals surface area contributed by atoms with Gasteiger partial charge in [0.05, 0.1) is 19.3 Å². The maximum absolute atomic E-state index is 12.8. The Bertz CT molecular complexity index is 1200. The second-order valence-corrected chi connectivity index (χ2v) is 8.68. The van der Waals surface area contributed by atoms with Gasteiger partial charge in [0.15, 0.2) is 0 Å². The molecule has 1 aromatic carbocycles. The fraction of sp³-hybridized carbons (Fsp3) is 0.407. The quantitative estimate of drug-likeness (QED) is 0.645. The number of nitrogens with zero attached hydrogens (tertiary/aromatic N) is 1. The Morgan fingerprint density at radius 3 is 2.74 bits per heavy atom. The van der Waals surface area contributed by atoms with Crippen LogP contribution in [0.4, 0.5) is 0 Å². The summed E-state index contributed by atoms with van der Waals surface area (Å²) < 4.78 is 5.45. The maximum Gasteiger partial charge on any atom is 0.253 e. The van der Waals surface area contributed by atoms with Gasteiger partial charge in [-0.15, -0.1) is 0 Å². The van der Waals surface area contributed by atoms with Crippen molar-refractivity contribution in [2.45, 2.75) is 39.2 Å². The van der Waals surface area contributed by atoms with Gasteiger partial charge in [-0.3, -0.25) is 14.5 Å². The number of ether oxygens (including phenoxy) is 1. The van der Waals surface area contributed by atoms with Gasteiger partial charge in [-0.05, 0) is 66.1 Å². The normalized spacial score (nSPS) is 20.5. The highest BCUT2D eigenvalue weighted by Gasteiger charge is 2.24. The molecule has 0 saturated carbocycles. The van der Waals surface area contributed by atoms with Crippen LogP contribution in [0.1, 0.15) is 55.1 Å². The number of carbonyl (C=O) groups is 1. The summed E-state index contributed by atoms with van der Waals surface area (Å²) in [5.74, 6) is -0.478. The Morgan fingerprint density at radius 2 is 1.97 bits per heavy atom. The van der Waals surface area contributed by atoms with Gasteiger partial charge < -0.3 is 20.8 Å². The van der Waals surface area contributed by atoms with E-state index in [9.17, 15) is 9.59 Å². The van der Waals surface area contributed by atoms with E-state index < -0.39 is 5.91 Å². The Hall–Kier alpha value is -3.16. The summed E-state index contributed by atoms with van der Waals surface area (Å²) in [4.78, 5) is 29.7. The van der Waals surface area contributed by atoms with Crippen LogP contribution < -0.4 is 16.6 Å². The van der Waals surface area contributed by atoms with Gasteiger partial charge in [0, 0.05) is 42.0 Å². The first-order valence-electron chi connectivity index (χ1n) is 12.2. The molecule has 0 radical (unpaired) electrons. The van der Waals surface area contributed by atoms with Gasteiger partial charge in [-0.1, -0.05) is 26.0 Å². The first kappa shape index (κ1) is 24.0. The summed E-state index contributed by atoms with van der Waals surface area (Å²) in [6.07, 6.45) is 9.39. The molecule has 0 bridgehead atoms. The number of nitrogens with two attached hydrogens (primary N) is 1. The molecule has 34 heavy (non-hydrogen) atoms. The third-order valence-corrected chi connectivity index (χ3v) is 6.56. The molecule has 1 aromatic heterocycles. The van der Waals surface area contributed by atoms with Gasteiger partial charge in [-0.25, -0.2) is 0 Å². The summed E-state index contributed by atoms with van der Waals surface area (Å²) in [5.41, 5.74) is 10.9. The van der Waals surface area contributed by atoms with E-state index in [1.807, 2.05) is 19.9 Å². The number of hydrogen-bond acceptors (Lipinski definition) is 5. The van der Waals surface area contributed by atoms with Crippen LogP contribution in [-0.4, -0.2) is 48.6 Å². The highest BCUT2D eigenvalue weighted by atomic mass is 16.5. The predicted octanol–water partition coefficient (Wildman–Crippen LogP) is 3.55. The number of nitrogens with one attached hydrogen (secondary N) is 2. The minimum atomic E-state index is -0.478. The summed E-state index contributed by atoms with van der Waals surface area (Å²) in [6, 6.07) is 6.90. The average Bonchev–Trinajstić information content (AvgIpc) is 3.07. The number of morpholine rings is 1. The number of hydrogen-bond donors (Lipinski definition) is 3. The second-order valence-electron chi connectivity index (χ2n) is 8.68. The van der Waals surface area contributed by atoms with Crippen molar-refractivity contribution < 1.29 is 9.53 Å². The molecule has 2 aromatic rings. The number of amides is 1. The van der Waals surface area contributed by atoms with E-state index in [4.69, 9.17) is 10.5 Å². The first-order chi connectivity index (χ1) is 16.6. The van der Waals surface area contributed by atoms with Crippen LogP contribution in [0.5, 0.6) is 0 Å². The van der Waals surface area contributed by atoms with E-state index in [2.05, 4.69) is 33.4 Å². The van der Waals surface area contributed by atoms with Crippen molar-refractivity contribution in [3.63, 3.8) is 0 Å². The summed E-state index contributed by atoms with van der Waals surface area (Å²) in [5, 5.41) is 4.40. The summed E-state index contributed by atoms with van der Waals surface area (Å²) in [6.45, 7) is 8.49. The molecule has 2 aliphatic heterocycles. The largest absolute Gasteiger partial charge is 0.379 e. The molecule has 1 atom stereocenters. The van der Waals surface area contributed by atoms with Crippen LogP contribution in [0, 0.1) is 0 Å². The van der Waals surface area contributed by atoms with Crippen molar-refractivity contribution in [3.05, 3.63) is 80.8 Å². The molecular formula is C27H34N4O3. The Kier molecular flexibility index (Phi) is 7.65. The van der Waals surface area contributed by atoms with E-state index >= 15 is 0 Å². The zero-order chi connectivity index (χ0) is 24.1. The number of H-pyrrole nitrogens is 1. The maximum atomic E-state index is 12.8. The molecule has 1 aliphatic carbocycles. The molecule has 5 rings (SSSR count). The Morgan fingerprint density at radius 1 is 1.18 bits per heavy atom. The topological polar surface area (TPSA) is 100 Å². The number of benzene rings is 1. The molecule has 7 heteroatoms. The molecular weight excluding hydrogens is 428 g/mol. The van der Waals surface area contributed by atoms with Gasteiger partial charge in [0.25, 0.3) is 5.56 Å². The van der Waals surface area contributed by atoms with E-state index in [0.29, 0.717) is 16.6 Å². The van der Waals surface area contributed by atoms with Gasteiger partial charge in [0.2, 0.25) is 5.91 Å². The van der Waals surface area contributed by atoms with Gasteiger partial charge >= 0.3 is 0 Å². The van der Waals surface area contributed by atoms with E-state index in [-0.39, 0.29) is 11.6 Å². The number of primary amides is 1. The molecule has 3 heterocycles. The highest BCUT2D eigenvalue weighted by molar-refractivity contribution is 5.96. The standard InChI is InChI=1S/C25H28N4O3.C2H6/c26-24(30)18-5-7-22-19(13-18)14-20(25(31)28-22)23-8-4-17-3-1-16(2-6-21(17)27-23)15-29-9-11-32-12-10-29;1-2/h1-2,5-7,13-14,23,27H,3-4,8-12,15H2,(H2,26,30)(H,28,31);1-2H3. The van der Waals surface area contributed by atoms with Crippen LogP contribution in [-0.2, 0) is 4.74 Å². The number of fused-ring (bicyclic) bond motifs is 1. The smallest absolute Gasteiger partial charge is 0.253 e. The summed E-state index contributed by atoms with van der Waals surface area (Å²) in [7, 11) is 0. The lowest BCUT2D eigenvalue weighted by atomic mass is 9.92. The lowest BCUT2D eigenvalue weighted by Crippen LogP contribution is -2.37. The van der Waals surface area contributed by atoms with Crippen molar-refractivity contribution in [2.75, 3.05) is 32.8 Å². The van der Waals surface area contributed by atoms with Crippen LogP contribution in [0.2, 0.25) is 0 Å². The van der Waals surface area contributed by atoms with E-state index in [0.717, 1.165) is 63.2 Å². The number of allylic oxidation sites excluding steroid dienone is 3. The lowest BCUT2D eigenvalue weighted by Gasteiger charge is -2.28. The molecule has 1 saturated heterocycles. The number of aromatic amines is 1. The molecule has 7 nitrogen and oxygen atoms in total. The zero-order valence-corrected chi connectivity index (χ0v) is 20.0. The van der Waals surface area contributed by atoms with Crippen molar-refractivity contribution in [1.82, 2.24) is 15.2 Å². The van der Waals surface area contributed by atoms with Gasteiger partial charge in [0.1, 0.15) is 0 Å². The van der Waals surface area contributed by atoms with E-state index in [1.165, 1.54) is 11.1 Å². The third kappa shape index (κ3) is 5.32. The van der Waals surface area contributed by atoms with Crippen molar-refractivity contribution in [1.29, 1.82) is 0 Å². The first-order valence-corrected chi connectivity index (χ1v) is 12.2. The fourth-order valence-electron chi connectivity index (χ4n) is 4.71. The molecule has 180 valence electrons. The zero-order valence-electron chi connectivity index (χ0n) is 20.0. The molecule has 4 N–H and O–H groups in total. The van der Waals surface area contributed by atoms with Crippen LogP contribution in [0.15, 0.2) is 64.1 Å². The molecule has 1 amide bonds. The number of carbonyl (C=O) groups excluding carboxylic acids is 1. The lowest BCUT2D eigenvalue weighted by molar-refractivity contribution is 0.0426. The SMILES string of the molecule is CC.NC(=O)c1ccc2[nH]c(=O)c(C3CCC4=C(C=CC(CN5CCOCC5)=CC4)N3)cc2c1. The molecule has 3 aliphatic rings. The van der Waals surface area contributed by atoms with Crippen molar-refractivity contribution in [3.8, 4) is 0 Å². The fourth-order valence-corrected chi connectivity index (χ4v) is 4.71. The van der Waals surface area contributed by atoms with E-state index in [1.54, 1.807) is 18.2 Å². The van der Waals surface area contributed by atoms with Crippen molar-refractivity contribution in [2.24, 2.45) is 5.73 Å². The number of rotatable bonds is 4. The monoisotopic (exact) mass is 462 g/mol. The summed E-state index contributed by atoms with van der Waals surface area (Å²) >= 11 is 0. The van der Waals surface area contributed by atoms with Crippen LogP contribution in [0.25, 0.3) is 10.9 Å². The third-order valence-electron chi connectivity index (χ3n) is 6.56. The van der Waals surface area contributed by atoms with Gasteiger partial charge in [-0.2, -0.15) is 0 Å². The molecule has 1 unspecified atom stereocenters. The molecule has 1 fully saturated rings. The number of aromatic nitrogens is 1. The van der Waals surface area contributed by atoms with Crippen molar-refractivity contribution >= 4 is 16.8 Å². The highest BCUT2D eigenvalue weighted by Crippen LogP contribution is 2.32. The predicted molar refractivity (Wildman–Crippen MR) is 136 cm³/mol.